The molecule has 1 atom stereocenters. The van der Waals surface area contributed by atoms with E-state index < -0.39 is 0 Å². The zero-order valence-electron chi connectivity index (χ0n) is 15.3. The summed E-state index contributed by atoms with van der Waals surface area (Å²) in [6.45, 7) is 5.07. The molecule has 26 heavy (non-hydrogen) atoms. The molecule has 1 N–H and O–H groups in total. The summed E-state index contributed by atoms with van der Waals surface area (Å²) < 4.78 is 14.9. The lowest BCUT2D eigenvalue weighted by Crippen LogP contribution is -2.35. The Morgan fingerprint density at radius 2 is 2.15 bits per heavy atom. The van der Waals surface area contributed by atoms with Crippen LogP contribution in [0.25, 0.3) is 0 Å². The minimum absolute atomic E-state index is 0.0664. The molecule has 1 aliphatic rings. The van der Waals surface area contributed by atoms with Crippen LogP contribution in [0, 0.1) is 5.82 Å². The summed E-state index contributed by atoms with van der Waals surface area (Å²) in [4.78, 5) is 14.1. The normalized spacial score (nSPS) is 16.2. The first kappa shape index (κ1) is 18.3. The predicted molar refractivity (Wildman–Crippen MR) is 99.5 cm³/mol. The number of allylic oxidation sites excluding steroid dienone is 1. The molecule has 3 rings (SSSR count). The van der Waals surface area contributed by atoms with Gasteiger partial charge in [0.25, 0.3) is 5.91 Å². The van der Waals surface area contributed by atoms with E-state index >= 15 is 0 Å². The standard InChI is InChI=1S/C20H25FN4O/c1-4-11-25-18-10-9-16(22-13-14-5-7-15(21)8-6-14)12-17(18)19(23-25)20(26)24(2)3/h4-8,16,22H,1,9-13H2,2-3H3. The van der Waals surface area contributed by atoms with Crippen LogP contribution >= 0.6 is 0 Å². The molecule has 5 nitrogen and oxygen atoms in total. The third kappa shape index (κ3) is 3.85. The molecule has 0 spiro atoms. The second kappa shape index (κ2) is 7.83. The van der Waals surface area contributed by atoms with Crippen LogP contribution in [0.1, 0.15) is 33.7 Å². The van der Waals surface area contributed by atoms with Crippen molar-refractivity contribution < 1.29 is 9.18 Å². The SMILES string of the molecule is C=CCn1nc(C(=O)N(C)C)c2c1CCC(NCc1ccc(F)cc1)C2. The molecular formula is C20H25FN4O. The molecule has 2 aromatic rings. The highest BCUT2D eigenvalue weighted by atomic mass is 19.1. The van der Waals surface area contributed by atoms with Gasteiger partial charge in [0, 0.05) is 37.9 Å². The van der Waals surface area contributed by atoms with Crippen LogP contribution in [0.15, 0.2) is 36.9 Å². The third-order valence-corrected chi connectivity index (χ3v) is 4.77. The lowest BCUT2D eigenvalue weighted by atomic mass is 9.91. The summed E-state index contributed by atoms with van der Waals surface area (Å²) in [6, 6.07) is 6.80. The Labute approximate surface area is 153 Å². The lowest BCUT2D eigenvalue weighted by Gasteiger charge is -2.25. The topological polar surface area (TPSA) is 50.2 Å². The van der Waals surface area contributed by atoms with Gasteiger partial charge in [0.15, 0.2) is 5.69 Å². The molecule has 0 bridgehead atoms. The van der Waals surface area contributed by atoms with Crippen molar-refractivity contribution >= 4 is 5.91 Å². The van der Waals surface area contributed by atoms with Gasteiger partial charge < -0.3 is 10.2 Å². The number of carbonyl (C=O) groups excluding carboxylic acids is 1. The summed E-state index contributed by atoms with van der Waals surface area (Å²) in [5, 5.41) is 8.08. The summed E-state index contributed by atoms with van der Waals surface area (Å²) in [5.74, 6) is -0.291. The van der Waals surface area contributed by atoms with Gasteiger partial charge in [0.05, 0.1) is 6.54 Å². The van der Waals surface area contributed by atoms with Gasteiger partial charge in [-0.1, -0.05) is 18.2 Å². The van der Waals surface area contributed by atoms with Crippen LogP contribution in [-0.4, -0.2) is 40.7 Å². The number of carbonyl (C=O) groups is 1. The lowest BCUT2D eigenvalue weighted by molar-refractivity contribution is 0.0820. The van der Waals surface area contributed by atoms with Crippen molar-refractivity contribution in [2.45, 2.75) is 38.4 Å². The van der Waals surface area contributed by atoms with E-state index in [-0.39, 0.29) is 17.8 Å². The minimum Gasteiger partial charge on any atom is -0.343 e. The van der Waals surface area contributed by atoms with Gasteiger partial charge >= 0.3 is 0 Å². The highest BCUT2D eigenvalue weighted by molar-refractivity contribution is 5.93. The quantitative estimate of drug-likeness (QED) is 0.810. The second-order valence-electron chi connectivity index (χ2n) is 6.89. The van der Waals surface area contributed by atoms with Crippen LogP contribution < -0.4 is 5.32 Å². The highest BCUT2D eigenvalue weighted by Gasteiger charge is 2.29. The summed E-state index contributed by atoms with van der Waals surface area (Å²) >= 11 is 0. The largest absolute Gasteiger partial charge is 0.343 e. The zero-order chi connectivity index (χ0) is 18.7. The first-order valence-corrected chi connectivity index (χ1v) is 8.88. The molecule has 0 saturated carbocycles. The summed E-state index contributed by atoms with van der Waals surface area (Å²) in [7, 11) is 3.49. The zero-order valence-corrected chi connectivity index (χ0v) is 15.3. The first-order chi connectivity index (χ1) is 12.5. The van der Waals surface area contributed by atoms with Crippen LogP contribution in [-0.2, 0) is 25.9 Å². The highest BCUT2D eigenvalue weighted by Crippen LogP contribution is 2.26. The maximum atomic E-state index is 13.0. The third-order valence-electron chi connectivity index (χ3n) is 4.77. The van der Waals surface area contributed by atoms with Gasteiger partial charge in [-0.05, 0) is 37.0 Å². The Balaban J connectivity index is 1.76. The molecule has 1 heterocycles. The molecule has 0 saturated heterocycles. The summed E-state index contributed by atoms with van der Waals surface area (Å²) in [6.07, 6.45) is 4.42. The van der Waals surface area contributed by atoms with Crippen molar-refractivity contribution in [1.29, 1.82) is 0 Å². The van der Waals surface area contributed by atoms with Crippen molar-refractivity contribution in [2.24, 2.45) is 0 Å². The van der Waals surface area contributed by atoms with Crippen molar-refractivity contribution in [2.75, 3.05) is 14.1 Å². The van der Waals surface area contributed by atoms with E-state index in [1.807, 2.05) is 4.68 Å². The van der Waals surface area contributed by atoms with E-state index in [4.69, 9.17) is 0 Å². The number of hydrogen-bond acceptors (Lipinski definition) is 3. The molecule has 0 aliphatic heterocycles. The Morgan fingerprint density at radius 3 is 2.81 bits per heavy atom. The van der Waals surface area contributed by atoms with E-state index in [9.17, 15) is 9.18 Å². The molecule has 138 valence electrons. The fourth-order valence-corrected chi connectivity index (χ4v) is 3.38. The number of hydrogen-bond donors (Lipinski definition) is 1. The Hall–Kier alpha value is -2.47. The number of nitrogens with one attached hydrogen (secondary N) is 1. The van der Waals surface area contributed by atoms with Gasteiger partial charge in [-0.25, -0.2) is 4.39 Å². The smallest absolute Gasteiger partial charge is 0.274 e. The van der Waals surface area contributed by atoms with Crippen LogP contribution in [0.4, 0.5) is 4.39 Å². The maximum Gasteiger partial charge on any atom is 0.274 e. The van der Waals surface area contributed by atoms with Gasteiger partial charge in [-0.3, -0.25) is 9.48 Å². The Morgan fingerprint density at radius 1 is 1.42 bits per heavy atom. The molecule has 1 aromatic heterocycles. The number of nitrogens with zero attached hydrogens (tertiary/aromatic N) is 3. The number of aromatic nitrogens is 2. The maximum absolute atomic E-state index is 13.0. The van der Waals surface area contributed by atoms with E-state index in [1.165, 1.54) is 12.1 Å². The number of halogens is 1. The second-order valence-corrected chi connectivity index (χ2v) is 6.89. The monoisotopic (exact) mass is 356 g/mol. The van der Waals surface area contributed by atoms with E-state index in [0.717, 1.165) is 36.1 Å². The molecule has 0 radical (unpaired) electrons. The summed E-state index contributed by atoms with van der Waals surface area (Å²) in [5.41, 5.74) is 3.76. The fourth-order valence-electron chi connectivity index (χ4n) is 3.38. The molecule has 1 unspecified atom stereocenters. The van der Waals surface area contributed by atoms with Gasteiger partial charge in [-0.2, -0.15) is 5.10 Å². The molecule has 1 aliphatic carbocycles. The Bertz CT molecular complexity index is 795. The predicted octanol–water partition coefficient (Wildman–Crippen LogP) is 2.56. The van der Waals surface area contributed by atoms with E-state index in [2.05, 4.69) is 17.0 Å². The average Bonchev–Trinajstić information content (AvgIpc) is 2.98. The number of benzene rings is 1. The molecular weight excluding hydrogens is 331 g/mol. The van der Waals surface area contributed by atoms with Crippen molar-refractivity contribution in [3.8, 4) is 0 Å². The van der Waals surface area contributed by atoms with Gasteiger partial charge in [0.2, 0.25) is 0 Å². The van der Waals surface area contributed by atoms with E-state index in [0.29, 0.717) is 18.8 Å². The van der Waals surface area contributed by atoms with Crippen LogP contribution in [0.2, 0.25) is 0 Å². The van der Waals surface area contributed by atoms with Crippen molar-refractivity contribution in [1.82, 2.24) is 20.0 Å². The van der Waals surface area contributed by atoms with E-state index in [1.54, 1.807) is 37.2 Å². The first-order valence-electron chi connectivity index (χ1n) is 8.88. The number of fused-ring (bicyclic) bond motifs is 1. The molecule has 1 amide bonds. The van der Waals surface area contributed by atoms with Gasteiger partial charge in [0.1, 0.15) is 5.82 Å². The molecule has 6 heteroatoms. The van der Waals surface area contributed by atoms with Crippen LogP contribution in [0.5, 0.6) is 0 Å². The number of rotatable bonds is 6. The Kier molecular flexibility index (Phi) is 5.52. The molecule has 1 aromatic carbocycles. The fraction of sp³-hybridized carbons (Fsp3) is 0.400. The average molecular weight is 356 g/mol. The van der Waals surface area contributed by atoms with Gasteiger partial charge in [-0.15, -0.1) is 6.58 Å². The minimum atomic E-state index is -0.225. The van der Waals surface area contributed by atoms with Crippen LogP contribution in [0.3, 0.4) is 0 Å². The number of amides is 1. The molecule has 0 fully saturated rings. The van der Waals surface area contributed by atoms with Crippen molar-refractivity contribution in [3.05, 3.63) is 65.3 Å². The van der Waals surface area contributed by atoms with Crippen molar-refractivity contribution in [3.63, 3.8) is 0 Å².